The first-order valence-electron chi connectivity index (χ1n) is 5.02. The van der Waals surface area contributed by atoms with Crippen LogP contribution >= 0.6 is 0 Å². The highest BCUT2D eigenvalue weighted by molar-refractivity contribution is 5.76. The van der Waals surface area contributed by atoms with Crippen LogP contribution in [0, 0.1) is 0 Å². The molecule has 0 saturated carbocycles. The second kappa shape index (κ2) is 3.68. The average Bonchev–Trinajstić information content (AvgIpc) is 2.57. The van der Waals surface area contributed by atoms with Gasteiger partial charge in [-0.3, -0.25) is 4.98 Å². The van der Waals surface area contributed by atoms with E-state index in [4.69, 9.17) is 9.52 Å². The highest BCUT2D eigenvalue weighted by Crippen LogP contribution is 2.19. The Morgan fingerprint density at radius 3 is 2.94 bits per heavy atom. The molecule has 5 nitrogen and oxygen atoms in total. The molecular formula is C11H14N2O3. The molecule has 16 heavy (non-hydrogen) atoms. The van der Waals surface area contributed by atoms with Gasteiger partial charge in [0.1, 0.15) is 0 Å². The zero-order chi connectivity index (χ0) is 11.8. The van der Waals surface area contributed by atoms with Gasteiger partial charge >= 0.3 is 5.76 Å². The number of hydrogen-bond acceptors (Lipinski definition) is 4. The SMILES string of the molecule is CC(C)(CO)Nc1ccc2oc(=O)[nH]c2c1. The Bertz CT molecular complexity index is 554. The number of aromatic nitrogens is 1. The summed E-state index contributed by atoms with van der Waals surface area (Å²) in [7, 11) is 0. The summed E-state index contributed by atoms with van der Waals surface area (Å²) in [5.74, 6) is -0.464. The molecule has 1 aromatic heterocycles. The van der Waals surface area contributed by atoms with Gasteiger partial charge in [0.15, 0.2) is 5.58 Å². The number of rotatable bonds is 3. The summed E-state index contributed by atoms with van der Waals surface area (Å²) in [6.07, 6.45) is 0. The molecule has 0 unspecified atom stereocenters. The van der Waals surface area contributed by atoms with Crippen molar-refractivity contribution < 1.29 is 9.52 Å². The number of aliphatic hydroxyl groups is 1. The number of aliphatic hydroxyl groups excluding tert-OH is 1. The van der Waals surface area contributed by atoms with Crippen LogP contribution in [0.15, 0.2) is 27.4 Å². The van der Waals surface area contributed by atoms with Gasteiger partial charge in [0.05, 0.1) is 17.7 Å². The van der Waals surface area contributed by atoms with Crippen LogP contribution in [-0.4, -0.2) is 22.2 Å². The van der Waals surface area contributed by atoms with Crippen LogP contribution in [0.25, 0.3) is 11.1 Å². The molecule has 86 valence electrons. The minimum Gasteiger partial charge on any atom is -0.408 e. The Hall–Kier alpha value is -1.75. The van der Waals surface area contributed by atoms with E-state index in [0.29, 0.717) is 11.1 Å². The lowest BCUT2D eigenvalue weighted by Gasteiger charge is -2.24. The number of fused-ring (bicyclic) bond motifs is 1. The Labute approximate surface area is 92.1 Å². The predicted octanol–water partition coefficient (Wildman–Crippen LogP) is 1.30. The summed E-state index contributed by atoms with van der Waals surface area (Å²) < 4.78 is 4.89. The van der Waals surface area contributed by atoms with E-state index >= 15 is 0 Å². The van der Waals surface area contributed by atoms with Gasteiger partial charge < -0.3 is 14.8 Å². The molecule has 0 saturated heterocycles. The third-order valence-corrected chi connectivity index (χ3v) is 2.30. The van der Waals surface area contributed by atoms with Crippen molar-refractivity contribution in [1.29, 1.82) is 0 Å². The van der Waals surface area contributed by atoms with Crippen molar-refractivity contribution in [2.24, 2.45) is 0 Å². The van der Waals surface area contributed by atoms with Crippen molar-refractivity contribution in [3.05, 3.63) is 28.7 Å². The van der Waals surface area contributed by atoms with E-state index in [-0.39, 0.29) is 6.61 Å². The summed E-state index contributed by atoms with van der Waals surface area (Å²) in [6.45, 7) is 3.79. The van der Waals surface area contributed by atoms with Crippen molar-refractivity contribution in [2.75, 3.05) is 11.9 Å². The number of oxazole rings is 1. The Kier molecular flexibility index (Phi) is 2.47. The number of nitrogens with one attached hydrogen (secondary N) is 2. The predicted molar refractivity (Wildman–Crippen MR) is 61.6 cm³/mol. The Morgan fingerprint density at radius 1 is 1.50 bits per heavy atom. The van der Waals surface area contributed by atoms with Crippen LogP contribution in [0.4, 0.5) is 5.69 Å². The van der Waals surface area contributed by atoms with Crippen LogP contribution in [0.1, 0.15) is 13.8 Å². The summed E-state index contributed by atoms with van der Waals surface area (Å²) in [4.78, 5) is 13.5. The zero-order valence-electron chi connectivity index (χ0n) is 9.20. The third kappa shape index (κ3) is 2.09. The minimum absolute atomic E-state index is 0.0208. The van der Waals surface area contributed by atoms with E-state index in [2.05, 4.69) is 10.3 Å². The van der Waals surface area contributed by atoms with E-state index in [9.17, 15) is 4.79 Å². The molecule has 0 aliphatic carbocycles. The van der Waals surface area contributed by atoms with Gasteiger partial charge in [0.2, 0.25) is 0 Å². The Morgan fingerprint density at radius 2 is 2.25 bits per heavy atom. The first-order valence-corrected chi connectivity index (χ1v) is 5.02. The molecule has 0 aliphatic heterocycles. The summed E-state index contributed by atoms with van der Waals surface area (Å²) in [6, 6.07) is 5.29. The third-order valence-electron chi connectivity index (χ3n) is 2.30. The summed E-state index contributed by atoms with van der Waals surface area (Å²) in [5.41, 5.74) is 1.59. The molecule has 2 rings (SSSR count). The number of H-pyrrole nitrogens is 1. The van der Waals surface area contributed by atoms with Crippen LogP contribution in [0.5, 0.6) is 0 Å². The van der Waals surface area contributed by atoms with Crippen molar-refractivity contribution >= 4 is 16.8 Å². The fraction of sp³-hybridized carbons (Fsp3) is 0.364. The molecule has 0 aliphatic rings. The standard InChI is InChI=1S/C11H14N2O3/c1-11(2,6-14)13-7-3-4-9-8(5-7)12-10(15)16-9/h3-5,13-14H,6H2,1-2H3,(H,12,15). The van der Waals surface area contributed by atoms with E-state index < -0.39 is 11.3 Å². The molecule has 1 aromatic carbocycles. The van der Waals surface area contributed by atoms with Crippen LogP contribution in [-0.2, 0) is 0 Å². The van der Waals surface area contributed by atoms with E-state index in [1.807, 2.05) is 13.8 Å². The van der Waals surface area contributed by atoms with Gasteiger partial charge in [-0.15, -0.1) is 0 Å². The molecule has 0 spiro atoms. The second-order valence-corrected chi connectivity index (χ2v) is 4.39. The quantitative estimate of drug-likeness (QED) is 0.731. The fourth-order valence-electron chi connectivity index (χ4n) is 1.46. The van der Waals surface area contributed by atoms with Gasteiger partial charge in [-0.1, -0.05) is 0 Å². The van der Waals surface area contributed by atoms with Gasteiger partial charge in [-0.25, -0.2) is 4.79 Å². The van der Waals surface area contributed by atoms with Gasteiger partial charge in [0.25, 0.3) is 0 Å². The number of hydrogen-bond donors (Lipinski definition) is 3. The molecular weight excluding hydrogens is 208 g/mol. The Balaban J connectivity index is 2.36. The second-order valence-electron chi connectivity index (χ2n) is 4.39. The smallest absolute Gasteiger partial charge is 0.408 e. The highest BCUT2D eigenvalue weighted by Gasteiger charge is 2.15. The zero-order valence-corrected chi connectivity index (χ0v) is 9.20. The number of benzene rings is 1. The lowest BCUT2D eigenvalue weighted by molar-refractivity contribution is 0.234. The maximum absolute atomic E-state index is 11.0. The highest BCUT2D eigenvalue weighted by atomic mass is 16.4. The molecule has 2 aromatic rings. The lowest BCUT2D eigenvalue weighted by atomic mass is 10.1. The monoisotopic (exact) mass is 222 g/mol. The van der Waals surface area contributed by atoms with Gasteiger partial charge in [-0.2, -0.15) is 0 Å². The molecule has 0 radical (unpaired) electrons. The average molecular weight is 222 g/mol. The largest absolute Gasteiger partial charge is 0.417 e. The molecule has 0 amide bonds. The lowest BCUT2D eigenvalue weighted by Crippen LogP contribution is -2.34. The van der Waals surface area contributed by atoms with Crippen molar-refractivity contribution in [3.63, 3.8) is 0 Å². The maximum atomic E-state index is 11.0. The fourth-order valence-corrected chi connectivity index (χ4v) is 1.46. The molecule has 0 atom stereocenters. The van der Waals surface area contributed by atoms with E-state index in [1.165, 1.54) is 0 Å². The van der Waals surface area contributed by atoms with Gasteiger partial charge in [-0.05, 0) is 32.0 Å². The first kappa shape index (κ1) is 10.8. The normalized spacial score (nSPS) is 11.9. The van der Waals surface area contributed by atoms with Crippen molar-refractivity contribution in [1.82, 2.24) is 4.98 Å². The first-order chi connectivity index (χ1) is 7.50. The number of aromatic amines is 1. The maximum Gasteiger partial charge on any atom is 0.417 e. The summed E-state index contributed by atoms with van der Waals surface area (Å²) in [5, 5.41) is 12.3. The summed E-state index contributed by atoms with van der Waals surface area (Å²) >= 11 is 0. The van der Waals surface area contributed by atoms with Crippen LogP contribution < -0.4 is 11.1 Å². The van der Waals surface area contributed by atoms with Crippen molar-refractivity contribution in [3.8, 4) is 0 Å². The van der Waals surface area contributed by atoms with Crippen LogP contribution in [0.3, 0.4) is 0 Å². The topological polar surface area (TPSA) is 78.3 Å². The van der Waals surface area contributed by atoms with E-state index in [0.717, 1.165) is 5.69 Å². The van der Waals surface area contributed by atoms with Crippen molar-refractivity contribution in [2.45, 2.75) is 19.4 Å². The number of anilines is 1. The van der Waals surface area contributed by atoms with Crippen LogP contribution in [0.2, 0.25) is 0 Å². The molecule has 0 fully saturated rings. The molecule has 3 N–H and O–H groups in total. The van der Waals surface area contributed by atoms with E-state index in [1.54, 1.807) is 18.2 Å². The van der Waals surface area contributed by atoms with Gasteiger partial charge in [0, 0.05) is 5.69 Å². The molecule has 0 bridgehead atoms. The minimum atomic E-state index is -0.464. The molecule has 1 heterocycles. The molecule has 5 heteroatoms.